The molecule has 0 bridgehead atoms. The second-order valence-corrected chi connectivity index (χ2v) is 4.74. The predicted molar refractivity (Wildman–Crippen MR) is 76.0 cm³/mol. The molecule has 0 atom stereocenters. The summed E-state index contributed by atoms with van der Waals surface area (Å²) in [7, 11) is 0. The van der Waals surface area contributed by atoms with Crippen LogP contribution in [0.4, 0.5) is 11.5 Å². The molecule has 0 aliphatic rings. The second-order valence-electron chi connectivity index (χ2n) is 4.04. The van der Waals surface area contributed by atoms with Gasteiger partial charge >= 0.3 is 0 Å². The molecule has 2 rings (SSSR count). The van der Waals surface area contributed by atoms with Gasteiger partial charge < -0.3 is 5.32 Å². The highest BCUT2D eigenvalue weighted by molar-refractivity contribution is 6.33. The van der Waals surface area contributed by atoms with Crippen molar-refractivity contribution < 1.29 is 0 Å². The number of benzene rings is 1. The summed E-state index contributed by atoms with van der Waals surface area (Å²) in [6.07, 6.45) is 0. The Bertz CT molecular complexity index is 677. The fourth-order valence-corrected chi connectivity index (χ4v) is 1.98. The van der Waals surface area contributed by atoms with Crippen molar-refractivity contribution in [3.8, 4) is 6.07 Å². The topological polar surface area (TPSA) is 61.6 Å². The van der Waals surface area contributed by atoms with E-state index in [-0.39, 0.29) is 16.0 Å². The normalized spacial score (nSPS) is 10.1. The molecule has 1 heterocycles. The lowest BCUT2D eigenvalue weighted by Crippen LogP contribution is -2.00. The molecule has 0 saturated carbocycles. The first-order valence-corrected chi connectivity index (χ1v) is 6.24. The lowest BCUT2D eigenvalue weighted by atomic mass is 10.1. The molecule has 0 spiro atoms. The van der Waals surface area contributed by atoms with Gasteiger partial charge in [-0.1, -0.05) is 17.7 Å². The van der Waals surface area contributed by atoms with Crippen molar-refractivity contribution in [2.24, 2.45) is 0 Å². The predicted octanol–water partition coefficient (Wildman–Crippen LogP) is 4.02. The summed E-state index contributed by atoms with van der Waals surface area (Å²) in [4.78, 5) is 7.72. The van der Waals surface area contributed by atoms with Crippen LogP contribution < -0.4 is 5.32 Å². The van der Waals surface area contributed by atoms with Crippen LogP contribution in [0, 0.1) is 25.2 Å². The fraction of sp³-hybridized carbons (Fsp3) is 0.154. The number of halogens is 2. The van der Waals surface area contributed by atoms with Crippen molar-refractivity contribution in [2.45, 2.75) is 13.8 Å². The van der Waals surface area contributed by atoms with Crippen LogP contribution in [0.25, 0.3) is 0 Å². The molecule has 0 aliphatic heterocycles. The molecule has 4 nitrogen and oxygen atoms in total. The number of hydrogen-bond acceptors (Lipinski definition) is 4. The number of anilines is 2. The number of nitrogens with zero attached hydrogens (tertiary/aromatic N) is 3. The Morgan fingerprint density at radius 1 is 1.16 bits per heavy atom. The third-order valence-electron chi connectivity index (χ3n) is 2.72. The van der Waals surface area contributed by atoms with Crippen LogP contribution in [0.15, 0.2) is 18.2 Å². The van der Waals surface area contributed by atoms with Crippen molar-refractivity contribution in [1.29, 1.82) is 5.26 Å². The van der Waals surface area contributed by atoms with Gasteiger partial charge in [0.1, 0.15) is 11.6 Å². The van der Waals surface area contributed by atoms with E-state index in [2.05, 4.69) is 15.3 Å². The van der Waals surface area contributed by atoms with Crippen molar-refractivity contribution in [2.75, 3.05) is 5.32 Å². The molecule has 0 fully saturated rings. The zero-order chi connectivity index (χ0) is 14.0. The third kappa shape index (κ3) is 2.95. The molecule has 1 aromatic heterocycles. The molecule has 2 aromatic rings. The Morgan fingerprint density at radius 3 is 2.53 bits per heavy atom. The number of nitriles is 1. The standard InChI is InChI=1S/C13H10Cl2N4/c1-7-3-4-9(5-8(7)2)17-12-10(6-16)11(14)18-13(15)19-12/h3-5H,1-2H3,(H,17,18,19). The van der Waals surface area contributed by atoms with Gasteiger partial charge in [-0.15, -0.1) is 0 Å². The quantitative estimate of drug-likeness (QED) is 0.671. The maximum absolute atomic E-state index is 9.07. The van der Waals surface area contributed by atoms with E-state index < -0.39 is 0 Å². The van der Waals surface area contributed by atoms with Gasteiger partial charge in [0, 0.05) is 5.69 Å². The van der Waals surface area contributed by atoms with Crippen molar-refractivity contribution in [3.05, 3.63) is 45.3 Å². The van der Waals surface area contributed by atoms with E-state index in [4.69, 9.17) is 28.5 Å². The monoisotopic (exact) mass is 292 g/mol. The molecule has 6 heteroatoms. The average Bonchev–Trinajstić information content (AvgIpc) is 2.33. The fourth-order valence-electron chi connectivity index (χ4n) is 1.55. The van der Waals surface area contributed by atoms with E-state index in [0.29, 0.717) is 5.82 Å². The maximum atomic E-state index is 9.07. The van der Waals surface area contributed by atoms with E-state index in [1.807, 2.05) is 38.1 Å². The first-order chi connectivity index (χ1) is 9.01. The lowest BCUT2D eigenvalue weighted by Gasteiger charge is -2.10. The van der Waals surface area contributed by atoms with Crippen molar-refractivity contribution >= 4 is 34.7 Å². The third-order valence-corrected chi connectivity index (χ3v) is 3.16. The highest BCUT2D eigenvalue weighted by Gasteiger charge is 2.12. The van der Waals surface area contributed by atoms with Crippen LogP contribution in [0.2, 0.25) is 10.4 Å². The largest absolute Gasteiger partial charge is 0.339 e. The van der Waals surface area contributed by atoms with Gasteiger partial charge in [-0.3, -0.25) is 0 Å². The number of hydrogen-bond donors (Lipinski definition) is 1. The van der Waals surface area contributed by atoms with Crippen LogP contribution in [0.1, 0.15) is 16.7 Å². The van der Waals surface area contributed by atoms with Crippen LogP contribution in [0.5, 0.6) is 0 Å². The maximum Gasteiger partial charge on any atom is 0.225 e. The summed E-state index contributed by atoms with van der Waals surface area (Å²) < 4.78 is 0. The Morgan fingerprint density at radius 2 is 1.89 bits per heavy atom. The van der Waals surface area contributed by atoms with Crippen LogP contribution in [0.3, 0.4) is 0 Å². The Kier molecular flexibility index (Phi) is 3.89. The van der Waals surface area contributed by atoms with Gasteiger partial charge in [-0.05, 0) is 48.7 Å². The summed E-state index contributed by atoms with van der Waals surface area (Å²) in [6.45, 7) is 4.03. The van der Waals surface area contributed by atoms with Crippen LogP contribution >= 0.6 is 23.2 Å². The minimum atomic E-state index is -0.00432. The highest BCUT2D eigenvalue weighted by Crippen LogP contribution is 2.25. The highest BCUT2D eigenvalue weighted by atomic mass is 35.5. The van der Waals surface area contributed by atoms with Crippen molar-refractivity contribution in [1.82, 2.24) is 9.97 Å². The number of aryl methyl sites for hydroxylation is 2. The summed E-state index contributed by atoms with van der Waals surface area (Å²) >= 11 is 11.6. The van der Waals surface area contributed by atoms with Gasteiger partial charge in [0.2, 0.25) is 5.28 Å². The molecule has 19 heavy (non-hydrogen) atoms. The van der Waals surface area contributed by atoms with Crippen molar-refractivity contribution in [3.63, 3.8) is 0 Å². The zero-order valence-electron chi connectivity index (χ0n) is 10.3. The Balaban J connectivity index is 2.43. The summed E-state index contributed by atoms with van der Waals surface area (Å²) in [5.41, 5.74) is 3.30. The first-order valence-electron chi connectivity index (χ1n) is 5.48. The number of rotatable bonds is 2. The Labute approximate surface area is 121 Å². The van der Waals surface area contributed by atoms with E-state index in [1.54, 1.807) is 0 Å². The van der Waals surface area contributed by atoms with Gasteiger partial charge in [0.25, 0.3) is 0 Å². The molecule has 0 unspecified atom stereocenters. The zero-order valence-corrected chi connectivity index (χ0v) is 11.8. The van der Waals surface area contributed by atoms with E-state index in [9.17, 15) is 0 Å². The number of nitrogens with one attached hydrogen (secondary N) is 1. The molecule has 1 N–H and O–H groups in total. The van der Waals surface area contributed by atoms with Crippen LogP contribution in [-0.4, -0.2) is 9.97 Å². The van der Waals surface area contributed by atoms with E-state index in [1.165, 1.54) is 5.56 Å². The summed E-state index contributed by atoms with van der Waals surface area (Å²) in [5, 5.41) is 12.1. The van der Waals surface area contributed by atoms with Gasteiger partial charge in [0.15, 0.2) is 11.0 Å². The SMILES string of the molecule is Cc1ccc(Nc2nc(Cl)nc(Cl)c2C#N)cc1C. The summed E-state index contributed by atoms with van der Waals surface area (Å²) in [5.74, 6) is 0.302. The molecule has 96 valence electrons. The van der Waals surface area contributed by atoms with E-state index in [0.717, 1.165) is 11.3 Å². The van der Waals surface area contributed by atoms with Gasteiger partial charge in [-0.25, -0.2) is 4.98 Å². The molecular weight excluding hydrogens is 283 g/mol. The minimum absolute atomic E-state index is 0.00432. The molecule has 0 saturated heterocycles. The smallest absolute Gasteiger partial charge is 0.225 e. The van der Waals surface area contributed by atoms with Gasteiger partial charge in [-0.2, -0.15) is 10.2 Å². The molecule has 0 aliphatic carbocycles. The molecule has 1 aromatic carbocycles. The summed E-state index contributed by atoms with van der Waals surface area (Å²) in [6, 6.07) is 7.79. The minimum Gasteiger partial charge on any atom is -0.339 e. The van der Waals surface area contributed by atoms with Gasteiger partial charge in [0.05, 0.1) is 0 Å². The number of aromatic nitrogens is 2. The molecule has 0 radical (unpaired) electrons. The lowest BCUT2D eigenvalue weighted by molar-refractivity contribution is 1.15. The average molecular weight is 293 g/mol. The first kappa shape index (κ1) is 13.6. The molecule has 0 amide bonds. The van der Waals surface area contributed by atoms with Crippen LogP contribution in [-0.2, 0) is 0 Å². The molecular formula is C13H10Cl2N4. The van der Waals surface area contributed by atoms with E-state index >= 15 is 0 Å². The second kappa shape index (κ2) is 5.43. The Hall–Kier alpha value is -1.83.